The van der Waals surface area contributed by atoms with Gasteiger partial charge in [-0.05, 0) is 12.6 Å². The topological polar surface area (TPSA) is 64.3 Å². The second-order valence-corrected chi connectivity index (χ2v) is 3.26. The van der Waals surface area contributed by atoms with Crippen molar-refractivity contribution in [3.63, 3.8) is 0 Å². The van der Waals surface area contributed by atoms with Gasteiger partial charge in [0.1, 0.15) is 12.6 Å². The summed E-state index contributed by atoms with van der Waals surface area (Å²) in [7, 11) is 1.74. The molecule has 0 spiro atoms. The quantitative estimate of drug-likeness (QED) is 0.682. The van der Waals surface area contributed by atoms with Crippen molar-refractivity contribution >= 4 is 5.97 Å². The van der Waals surface area contributed by atoms with Gasteiger partial charge in [0.25, 0.3) is 0 Å². The molecule has 1 rings (SSSR count). The molecule has 0 saturated carbocycles. The summed E-state index contributed by atoms with van der Waals surface area (Å²) in [6, 6.07) is 8.91. The third-order valence-electron chi connectivity index (χ3n) is 1.95. The van der Waals surface area contributed by atoms with Gasteiger partial charge in [0.2, 0.25) is 0 Å². The van der Waals surface area contributed by atoms with Crippen LogP contribution in [0.1, 0.15) is 5.56 Å². The summed E-state index contributed by atoms with van der Waals surface area (Å²) in [6.07, 6.45) is 0. The monoisotopic (exact) mass is 208 g/mol. The molecule has 0 heterocycles. The van der Waals surface area contributed by atoms with E-state index in [2.05, 4.69) is 5.32 Å². The molecule has 1 atom stereocenters. The van der Waals surface area contributed by atoms with Crippen LogP contribution >= 0.6 is 0 Å². The standard InChI is InChI=1S/C11H16N2O2/c1-13-7-10(12)11(14)15-8-9-5-3-2-4-6-9/h2-6,10,13H,7-8,12H2,1H3/t10-/m0/s1. The minimum Gasteiger partial charge on any atom is -0.460 e. The smallest absolute Gasteiger partial charge is 0.324 e. The van der Waals surface area contributed by atoms with E-state index in [0.717, 1.165) is 5.56 Å². The van der Waals surface area contributed by atoms with Crippen molar-refractivity contribution in [3.05, 3.63) is 35.9 Å². The van der Waals surface area contributed by atoms with Crippen LogP contribution in [0.2, 0.25) is 0 Å². The Morgan fingerprint density at radius 3 is 2.73 bits per heavy atom. The Morgan fingerprint density at radius 1 is 1.47 bits per heavy atom. The lowest BCUT2D eigenvalue weighted by Crippen LogP contribution is -2.40. The van der Waals surface area contributed by atoms with Gasteiger partial charge in [0.15, 0.2) is 0 Å². The summed E-state index contributed by atoms with van der Waals surface area (Å²) in [5.74, 6) is -0.381. The van der Waals surface area contributed by atoms with E-state index in [0.29, 0.717) is 6.54 Å². The Balaban J connectivity index is 2.34. The molecule has 0 saturated heterocycles. The lowest BCUT2D eigenvalue weighted by Gasteiger charge is -2.10. The fourth-order valence-electron chi connectivity index (χ4n) is 1.14. The number of rotatable bonds is 5. The first kappa shape index (κ1) is 11.7. The third-order valence-corrected chi connectivity index (χ3v) is 1.95. The van der Waals surface area contributed by atoms with Crippen molar-refractivity contribution in [2.24, 2.45) is 5.73 Å². The molecular formula is C11H16N2O2. The number of benzene rings is 1. The van der Waals surface area contributed by atoms with E-state index in [1.54, 1.807) is 7.05 Å². The van der Waals surface area contributed by atoms with Crippen LogP contribution in [0.4, 0.5) is 0 Å². The van der Waals surface area contributed by atoms with Gasteiger partial charge in [-0.15, -0.1) is 0 Å². The minimum atomic E-state index is -0.598. The van der Waals surface area contributed by atoms with E-state index in [-0.39, 0.29) is 12.6 Å². The summed E-state index contributed by atoms with van der Waals surface area (Å²) in [4.78, 5) is 11.3. The van der Waals surface area contributed by atoms with E-state index in [9.17, 15) is 4.79 Å². The zero-order chi connectivity index (χ0) is 11.1. The fourth-order valence-corrected chi connectivity index (χ4v) is 1.14. The lowest BCUT2D eigenvalue weighted by molar-refractivity contribution is -0.146. The molecule has 0 aliphatic heterocycles. The molecule has 0 bridgehead atoms. The zero-order valence-corrected chi connectivity index (χ0v) is 8.77. The van der Waals surface area contributed by atoms with E-state index in [4.69, 9.17) is 10.5 Å². The Kier molecular flexibility index (Phi) is 4.80. The largest absolute Gasteiger partial charge is 0.460 e. The summed E-state index contributed by atoms with van der Waals surface area (Å²) in [5.41, 5.74) is 6.52. The van der Waals surface area contributed by atoms with Crippen molar-refractivity contribution in [2.45, 2.75) is 12.6 Å². The maximum Gasteiger partial charge on any atom is 0.324 e. The van der Waals surface area contributed by atoms with Crippen LogP contribution < -0.4 is 11.1 Å². The highest BCUT2D eigenvalue weighted by Gasteiger charge is 2.13. The molecule has 15 heavy (non-hydrogen) atoms. The lowest BCUT2D eigenvalue weighted by atomic mass is 10.2. The molecule has 4 heteroatoms. The van der Waals surface area contributed by atoms with E-state index >= 15 is 0 Å². The number of carbonyl (C=O) groups excluding carboxylic acids is 1. The average molecular weight is 208 g/mol. The normalized spacial score (nSPS) is 12.1. The summed E-state index contributed by atoms with van der Waals surface area (Å²) in [5, 5.41) is 2.82. The summed E-state index contributed by atoms with van der Waals surface area (Å²) in [6.45, 7) is 0.699. The van der Waals surface area contributed by atoms with E-state index in [1.165, 1.54) is 0 Å². The maximum atomic E-state index is 11.3. The fraction of sp³-hybridized carbons (Fsp3) is 0.364. The second kappa shape index (κ2) is 6.16. The first-order valence-corrected chi connectivity index (χ1v) is 4.84. The van der Waals surface area contributed by atoms with Gasteiger partial charge < -0.3 is 15.8 Å². The number of hydrogen-bond acceptors (Lipinski definition) is 4. The molecule has 0 aliphatic carbocycles. The van der Waals surface area contributed by atoms with Gasteiger partial charge in [0, 0.05) is 6.54 Å². The molecule has 4 nitrogen and oxygen atoms in total. The van der Waals surface area contributed by atoms with Crippen molar-refractivity contribution < 1.29 is 9.53 Å². The second-order valence-electron chi connectivity index (χ2n) is 3.26. The van der Waals surface area contributed by atoms with Crippen LogP contribution in [0, 0.1) is 0 Å². The molecular weight excluding hydrogens is 192 g/mol. The number of nitrogens with one attached hydrogen (secondary N) is 1. The predicted molar refractivity (Wildman–Crippen MR) is 58.1 cm³/mol. The number of nitrogens with two attached hydrogens (primary N) is 1. The Hall–Kier alpha value is -1.39. The number of carbonyl (C=O) groups is 1. The highest BCUT2D eigenvalue weighted by molar-refractivity contribution is 5.75. The van der Waals surface area contributed by atoms with Crippen LogP contribution in [-0.4, -0.2) is 25.6 Å². The van der Waals surface area contributed by atoms with Gasteiger partial charge in [-0.2, -0.15) is 0 Å². The van der Waals surface area contributed by atoms with Gasteiger partial charge >= 0.3 is 5.97 Å². The molecule has 0 aromatic heterocycles. The molecule has 82 valence electrons. The van der Waals surface area contributed by atoms with Crippen LogP contribution in [0.15, 0.2) is 30.3 Å². The highest BCUT2D eigenvalue weighted by Crippen LogP contribution is 2.01. The minimum absolute atomic E-state index is 0.275. The van der Waals surface area contributed by atoms with Gasteiger partial charge in [-0.1, -0.05) is 30.3 Å². The Labute approximate surface area is 89.4 Å². The van der Waals surface area contributed by atoms with Crippen LogP contribution in [0.25, 0.3) is 0 Å². The predicted octanol–water partition coefficient (Wildman–Crippen LogP) is 0.277. The van der Waals surface area contributed by atoms with Gasteiger partial charge in [-0.25, -0.2) is 0 Å². The number of hydrogen-bond donors (Lipinski definition) is 2. The average Bonchev–Trinajstić information content (AvgIpc) is 2.27. The molecule has 0 aliphatic rings. The number of esters is 1. The van der Waals surface area contributed by atoms with Crippen LogP contribution in [0.3, 0.4) is 0 Å². The first-order chi connectivity index (χ1) is 7.24. The summed E-state index contributed by atoms with van der Waals surface area (Å²) < 4.78 is 5.04. The van der Waals surface area contributed by atoms with Crippen LogP contribution in [-0.2, 0) is 16.1 Å². The Morgan fingerprint density at radius 2 is 2.13 bits per heavy atom. The molecule has 0 fully saturated rings. The molecule has 3 N–H and O–H groups in total. The SMILES string of the molecule is CNC[C@H](N)C(=O)OCc1ccccc1. The number of likely N-dealkylation sites (N-methyl/N-ethyl adjacent to an activating group) is 1. The third kappa shape index (κ3) is 4.10. The molecule has 0 radical (unpaired) electrons. The molecule has 0 unspecified atom stereocenters. The maximum absolute atomic E-state index is 11.3. The van der Waals surface area contributed by atoms with E-state index in [1.807, 2.05) is 30.3 Å². The van der Waals surface area contributed by atoms with Crippen molar-refractivity contribution in [1.82, 2.24) is 5.32 Å². The summed E-state index contributed by atoms with van der Waals surface area (Å²) >= 11 is 0. The van der Waals surface area contributed by atoms with Crippen LogP contribution in [0.5, 0.6) is 0 Å². The molecule has 1 aromatic rings. The molecule has 1 aromatic carbocycles. The highest BCUT2D eigenvalue weighted by atomic mass is 16.5. The van der Waals surface area contributed by atoms with Crippen molar-refractivity contribution in [2.75, 3.05) is 13.6 Å². The van der Waals surface area contributed by atoms with Gasteiger partial charge in [-0.3, -0.25) is 4.79 Å². The zero-order valence-electron chi connectivity index (χ0n) is 8.77. The number of ether oxygens (including phenoxy) is 1. The Bertz CT molecular complexity index is 301. The van der Waals surface area contributed by atoms with Crippen molar-refractivity contribution in [1.29, 1.82) is 0 Å². The molecule has 0 amide bonds. The van der Waals surface area contributed by atoms with Gasteiger partial charge in [0.05, 0.1) is 0 Å². The first-order valence-electron chi connectivity index (χ1n) is 4.84. The van der Waals surface area contributed by atoms with Crippen molar-refractivity contribution in [3.8, 4) is 0 Å². The van der Waals surface area contributed by atoms with E-state index < -0.39 is 6.04 Å².